The molecule has 1 saturated heterocycles. The lowest BCUT2D eigenvalue weighted by Crippen LogP contribution is -2.49. The number of hydrogen-bond acceptors (Lipinski definition) is 5. The molecule has 2 aliphatic heterocycles. The Labute approximate surface area is 169 Å². The lowest BCUT2D eigenvalue weighted by molar-refractivity contribution is -0.0128. The number of fused-ring (bicyclic) bond motifs is 1. The van der Waals surface area contributed by atoms with E-state index in [1.165, 1.54) is 31.4 Å². The summed E-state index contributed by atoms with van der Waals surface area (Å²) in [6.45, 7) is 6.06. The van der Waals surface area contributed by atoms with Gasteiger partial charge in [0.05, 0.1) is 13.7 Å². The van der Waals surface area contributed by atoms with Gasteiger partial charge in [-0.3, -0.25) is 4.90 Å². The van der Waals surface area contributed by atoms with Gasteiger partial charge in [-0.1, -0.05) is 0 Å². The Hall–Kier alpha value is -1.30. The Kier molecular flexibility index (Phi) is 6.14. The molecule has 0 aromatic heterocycles. The van der Waals surface area contributed by atoms with Crippen LogP contribution in [0.25, 0.3) is 0 Å². The topological polar surface area (TPSA) is 34.2 Å². The van der Waals surface area contributed by atoms with Crippen LogP contribution in [0.3, 0.4) is 0 Å². The summed E-state index contributed by atoms with van der Waals surface area (Å²) in [5, 5.41) is 0. The van der Waals surface area contributed by atoms with Gasteiger partial charge in [0, 0.05) is 38.3 Å². The van der Waals surface area contributed by atoms with Crippen molar-refractivity contribution < 1.29 is 14.2 Å². The monoisotopic (exact) mass is 388 g/mol. The molecule has 1 atom stereocenters. The van der Waals surface area contributed by atoms with Crippen LogP contribution in [0.2, 0.25) is 0 Å². The molecule has 2 heterocycles. The highest BCUT2D eigenvalue weighted by Gasteiger charge is 2.41. The molecule has 28 heavy (non-hydrogen) atoms. The predicted octanol–water partition coefficient (Wildman–Crippen LogP) is 3.42. The zero-order chi connectivity index (χ0) is 19.6. The molecule has 1 aromatic rings. The summed E-state index contributed by atoms with van der Waals surface area (Å²) in [7, 11) is 6.10. The van der Waals surface area contributed by atoms with E-state index in [9.17, 15) is 0 Å². The van der Waals surface area contributed by atoms with Gasteiger partial charge in [0.1, 0.15) is 17.1 Å². The first kappa shape index (κ1) is 20.0. The number of hydrogen-bond donors (Lipinski definition) is 0. The summed E-state index contributed by atoms with van der Waals surface area (Å²) >= 11 is 0. The van der Waals surface area contributed by atoms with E-state index in [0.29, 0.717) is 5.92 Å². The average molecular weight is 389 g/mol. The molecule has 3 aliphatic rings. The molecule has 1 aromatic carbocycles. The molecule has 4 rings (SSSR count). The van der Waals surface area contributed by atoms with Crippen LogP contribution in [0.15, 0.2) is 18.2 Å². The van der Waals surface area contributed by atoms with E-state index >= 15 is 0 Å². The molecular formula is C23H36N2O3. The normalized spacial score (nSPS) is 30.9. The van der Waals surface area contributed by atoms with E-state index in [0.717, 1.165) is 63.1 Å². The molecule has 0 bridgehead atoms. The predicted molar refractivity (Wildman–Crippen MR) is 111 cm³/mol. The van der Waals surface area contributed by atoms with Gasteiger partial charge < -0.3 is 19.1 Å². The fourth-order valence-electron chi connectivity index (χ4n) is 5.26. The molecule has 1 aliphatic carbocycles. The molecule has 5 heteroatoms. The minimum atomic E-state index is -0.0535. The van der Waals surface area contributed by atoms with Gasteiger partial charge in [-0.2, -0.15) is 0 Å². The van der Waals surface area contributed by atoms with Crippen molar-refractivity contribution in [3.63, 3.8) is 0 Å². The Morgan fingerprint density at radius 1 is 1.18 bits per heavy atom. The fourth-order valence-corrected chi connectivity index (χ4v) is 5.26. The summed E-state index contributed by atoms with van der Waals surface area (Å²) in [5.41, 5.74) is 1.20. The molecular weight excluding hydrogens is 352 g/mol. The second-order valence-corrected chi connectivity index (χ2v) is 9.36. The van der Waals surface area contributed by atoms with Gasteiger partial charge in [0.25, 0.3) is 0 Å². The first-order valence-electron chi connectivity index (χ1n) is 10.9. The number of ether oxygens (including phenoxy) is 3. The van der Waals surface area contributed by atoms with E-state index in [4.69, 9.17) is 14.2 Å². The molecule has 0 N–H and O–H groups in total. The zero-order valence-corrected chi connectivity index (χ0v) is 17.8. The highest BCUT2D eigenvalue weighted by atomic mass is 16.5. The minimum absolute atomic E-state index is 0.0535. The van der Waals surface area contributed by atoms with Gasteiger partial charge >= 0.3 is 0 Å². The van der Waals surface area contributed by atoms with Crippen molar-refractivity contribution in [2.45, 2.75) is 44.2 Å². The van der Waals surface area contributed by atoms with Gasteiger partial charge in [0.15, 0.2) is 0 Å². The molecule has 1 spiro atoms. The van der Waals surface area contributed by atoms with Crippen LogP contribution in [-0.2, 0) is 11.3 Å². The van der Waals surface area contributed by atoms with Crippen molar-refractivity contribution in [3.8, 4) is 11.5 Å². The van der Waals surface area contributed by atoms with Crippen LogP contribution in [-0.4, -0.2) is 69.5 Å². The smallest absolute Gasteiger partial charge is 0.124 e. The Balaban J connectivity index is 1.54. The van der Waals surface area contributed by atoms with Crippen LogP contribution in [0, 0.1) is 11.8 Å². The van der Waals surface area contributed by atoms with E-state index in [1.54, 1.807) is 7.11 Å². The maximum Gasteiger partial charge on any atom is 0.124 e. The van der Waals surface area contributed by atoms with Gasteiger partial charge in [-0.05, 0) is 76.2 Å². The summed E-state index contributed by atoms with van der Waals surface area (Å²) in [4.78, 5) is 4.95. The first-order chi connectivity index (χ1) is 13.5. The molecule has 2 fully saturated rings. The zero-order valence-electron chi connectivity index (χ0n) is 17.8. The number of nitrogens with zero attached hydrogens (tertiary/aromatic N) is 2. The van der Waals surface area contributed by atoms with Crippen molar-refractivity contribution in [1.82, 2.24) is 9.80 Å². The first-order valence-corrected chi connectivity index (χ1v) is 10.9. The second-order valence-electron chi connectivity index (χ2n) is 9.36. The summed E-state index contributed by atoms with van der Waals surface area (Å²) in [5.74, 6) is 3.41. The lowest BCUT2D eigenvalue weighted by Gasteiger charge is -2.42. The third-order valence-corrected chi connectivity index (χ3v) is 6.68. The number of methoxy groups -OCH3 is 1. The van der Waals surface area contributed by atoms with Crippen molar-refractivity contribution >= 4 is 0 Å². The van der Waals surface area contributed by atoms with Gasteiger partial charge in [0.2, 0.25) is 0 Å². The summed E-state index contributed by atoms with van der Waals surface area (Å²) < 4.78 is 17.9. The van der Waals surface area contributed by atoms with E-state index < -0.39 is 0 Å². The van der Waals surface area contributed by atoms with E-state index in [-0.39, 0.29) is 5.60 Å². The van der Waals surface area contributed by atoms with Crippen LogP contribution < -0.4 is 9.47 Å². The van der Waals surface area contributed by atoms with Crippen LogP contribution in [0.1, 0.15) is 37.7 Å². The Bertz CT molecular complexity index is 649. The molecule has 1 unspecified atom stereocenters. The molecule has 5 nitrogen and oxygen atoms in total. The van der Waals surface area contributed by atoms with Crippen LogP contribution in [0.4, 0.5) is 0 Å². The summed E-state index contributed by atoms with van der Waals surface area (Å²) in [6, 6.07) is 6.30. The number of benzene rings is 1. The largest absolute Gasteiger partial charge is 0.497 e. The maximum atomic E-state index is 6.79. The molecule has 1 saturated carbocycles. The van der Waals surface area contributed by atoms with Crippen molar-refractivity contribution in [2.24, 2.45) is 11.8 Å². The molecule has 0 radical (unpaired) electrons. The SMILES string of the molecule is COc1ccc2c(c1)CN(CC1CCOC1)CC1(CCC(CN(C)C)CC1)O2. The van der Waals surface area contributed by atoms with Crippen molar-refractivity contribution in [2.75, 3.05) is 54.1 Å². The summed E-state index contributed by atoms with van der Waals surface area (Å²) in [6.07, 6.45) is 5.98. The average Bonchev–Trinajstić information content (AvgIpc) is 3.12. The van der Waals surface area contributed by atoms with Crippen LogP contribution in [0.5, 0.6) is 11.5 Å². The Morgan fingerprint density at radius 3 is 2.68 bits per heavy atom. The second kappa shape index (κ2) is 8.60. The fraction of sp³-hybridized carbons (Fsp3) is 0.739. The minimum Gasteiger partial charge on any atom is -0.497 e. The van der Waals surface area contributed by atoms with Crippen molar-refractivity contribution in [1.29, 1.82) is 0 Å². The standard InChI is InChI=1S/C23H36N2O3/c1-24(2)13-18-6-9-23(10-7-18)17-25(14-19-8-11-27-16-19)15-20-12-21(26-3)4-5-22(20)28-23/h4-5,12,18-19H,6-11,13-17H2,1-3H3. The lowest BCUT2D eigenvalue weighted by atomic mass is 9.78. The third-order valence-electron chi connectivity index (χ3n) is 6.68. The quantitative estimate of drug-likeness (QED) is 0.772. The molecule has 0 amide bonds. The van der Waals surface area contributed by atoms with E-state index in [2.05, 4.69) is 36.0 Å². The highest BCUT2D eigenvalue weighted by molar-refractivity contribution is 5.41. The van der Waals surface area contributed by atoms with Crippen LogP contribution >= 0.6 is 0 Å². The molecule has 156 valence electrons. The Morgan fingerprint density at radius 2 is 2.00 bits per heavy atom. The van der Waals surface area contributed by atoms with Gasteiger partial charge in [-0.15, -0.1) is 0 Å². The number of rotatable bonds is 5. The highest BCUT2D eigenvalue weighted by Crippen LogP contribution is 2.41. The van der Waals surface area contributed by atoms with Crippen molar-refractivity contribution in [3.05, 3.63) is 23.8 Å². The van der Waals surface area contributed by atoms with E-state index in [1.807, 2.05) is 6.07 Å². The maximum absolute atomic E-state index is 6.79. The van der Waals surface area contributed by atoms with Gasteiger partial charge in [-0.25, -0.2) is 0 Å². The third kappa shape index (κ3) is 4.64.